The molecule has 14 heteroatoms. The smallest absolute Gasteiger partial charge is 0.426 e. The molecule has 0 saturated carbocycles. The van der Waals surface area contributed by atoms with Gasteiger partial charge < -0.3 is 24.8 Å². The lowest BCUT2D eigenvalue weighted by Gasteiger charge is -2.35. The van der Waals surface area contributed by atoms with E-state index in [1.54, 1.807) is 6.07 Å². The normalized spacial score (nSPS) is 15.3. The van der Waals surface area contributed by atoms with Crippen LogP contribution >= 0.6 is 11.6 Å². The van der Waals surface area contributed by atoms with Gasteiger partial charge in [-0.1, -0.05) is 17.7 Å². The highest BCUT2D eigenvalue weighted by Crippen LogP contribution is 2.36. The first-order valence-corrected chi connectivity index (χ1v) is 12.0. The number of hydrogen-bond donors (Lipinski definition) is 1. The highest BCUT2D eigenvalue weighted by molar-refractivity contribution is 6.30. The Bertz CT molecular complexity index is 909. The molecule has 0 aliphatic carbocycles. The maximum Gasteiger partial charge on any atom is 0.434 e. The van der Waals surface area contributed by atoms with Crippen LogP contribution in [0.4, 0.5) is 36.8 Å². The number of halogens is 7. The second-order valence-corrected chi connectivity index (χ2v) is 9.53. The average Bonchev–Trinajstić information content (AvgIpc) is 2.77. The molecule has 210 valence electrons. The Balaban J connectivity index is 1.90. The molecule has 1 aromatic rings. The second-order valence-electron chi connectivity index (χ2n) is 9.09. The number of anilines is 1. The lowest BCUT2D eigenvalue weighted by atomic mass is 10.0. The number of amides is 2. The van der Waals surface area contributed by atoms with Gasteiger partial charge in [0, 0.05) is 56.9 Å². The molecule has 0 unspecified atom stereocenters. The minimum atomic E-state index is -5.76. The fourth-order valence-corrected chi connectivity index (χ4v) is 4.23. The summed E-state index contributed by atoms with van der Waals surface area (Å²) in [5.74, 6) is -0.0667. The first-order chi connectivity index (χ1) is 17.1. The van der Waals surface area contributed by atoms with E-state index < -0.39 is 24.5 Å². The zero-order valence-electron chi connectivity index (χ0n) is 20.8. The molecule has 0 aromatic heterocycles. The van der Waals surface area contributed by atoms with E-state index in [-0.39, 0.29) is 24.9 Å². The van der Waals surface area contributed by atoms with Crippen LogP contribution in [0.1, 0.15) is 31.7 Å². The number of hydrogen-bond acceptors (Lipinski definition) is 5. The van der Waals surface area contributed by atoms with Crippen LogP contribution in [0.5, 0.6) is 0 Å². The molecule has 0 radical (unpaired) electrons. The van der Waals surface area contributed by atoms with Crippen LogP contribution in [0.15, 0.2) is 18.2 Å². The molecule has 1 aliphatic rings. The van der Waals surface area contributed by atoms with Gasteiger partial charge in [-0.15, -0.1) is 0 Å². The number of nitrogens with zero attached hydrogens (tertiary/aromatic N) is 3. The average molecular weight is 561 g/mol. The van der Waals surface area contributed by atoms with E-state index in [4.69, 9.17) is 11.6 Å². The maximum atomic E-state index is 12.6. The number of carbonyl (C=O) groups is 2. The summed E-state index contributed by atoms with van der Waals surface area (Å²) < 4.78 is 79.4. The number of ether oxygens (including phenoxy) is 1. The van der Waals surface area contributed by atoms with Crippen LogP contribution in [-0.2, 0) is 16.1 Å². The summed E-state index contributed by atoms with van der Waals surface area (Å²) in [5, 5.41) is 3.50. The van der Waals surface area contributed by atoms with Crippen LogP contribution in [0.2, 0.25) is 5.02 Å². The molecule has 0 spiro atoms. The highest BCUT2D eigenvalue weighted by Gasteiger charge is 2.60. The van der Waals surface area contributed by atoms with Crippen LogP contribution < -0.4 is 10.2 Å². The lowest BCUT2D eigenvalue weighted by Crippen LogP contribution is -2.47. The summed E-state index contributed by atoms with van der Waals surface area (Å²) in [4.78, 5) is 27.9. The SMILES string of the molecule is CC(=O)NC1CCN(c2cc(Cl)ccc2CN(C)CCCN(C)C(=O)OC(C(F)(F)F)C(F)(F)F)CC1. The molecule has 1 aromatic carbocycles. The van der Waals surface area contributed by atoms with Gasteiger partial charge in [0.05, 0.1) is 0 Å². The monoisotopic (exact) mass is 560 g/mol. The number of alkyl halides is 6. The van der Waals surface area contributed by atoms with Gasteiger partial charge in [-0.3, -0.25) is 4.79 Å². The number of rotatable bonds is 9. The predicted molar refractivity (Wildman–Crippen MR) is 126 cm³/mol. The Morgan fingerprint density at radius 3 is 2.24 bits per heavy atom. The number of carbonyl (C=O) groups excluding carboxylic acids is 2. The molecule has 1 fully saturated rings. The molecule has 2 rings (SSSR count). The second kappa shape index (κ2) is 12.9. The predicted octanol–water partition coefficient (Wildman–Crippen LogP) is 4.83. The van der Waals surface area contributed by atoms with Gasteiger partial charge in [0.25, 0.3) is 6.10 Å². The summed E-state index contributed by atoms with van der Waals surface area (Å²) in [5.41, 5.74) is 1.93. The van der Waals surface area contributed by atoms with Crippen LogP contribution in [0, 0.1) is 0 Å². The third-order valence-corrected chi connectivity index (χ3v) is 6.12. The molecule has 7 nitrogen and oxygen atoms in total. The van der Waals surface area contributed by atoms with Crippen molar-refractivity contribution >= 4 is 29.3 Å². The van der Waals surface area contributed by atoms with Gasteiger partial charge in [-0.05, 0) is 50.6 Å². The zero-order valence-corrected chi connectivity index (χ0v) is 21.5. The van der Waals surface area contributed by atoms with Gasteiger partial charge in [0.2, 0.25) is 5.91 Å². The van der Waals surface area contributed by atoms with Crippen molar-refractivity contribution in [2.24, 2.45) is 0 Å². The summed E-state index contributed by atoms with van der Waals surface area (Å²) >= 11 is 6.22. The Hall–Kier alpha value is -2.41. The Morgan fingerprint density at radius 2 is 1.70 bits per heavy atom. The van der Waals surface area contributed by atoms with E-state index in [1.807, 2.05) is 24.1 Å². The molecular weight excluding hydrogens is 530 g/mol. The first-order valence-electron chi connectivity index (χ1n) is 11.6. The standard InChI is InChI=1S/C23H31ClF6N4O3/c1-15(35)31-18-7-11-34(12-8-18)19-13-17(24)6-5-16(19)14-32(2)9-4-10-33(3)21(36)37-20(22(25,26)27)23(28,29)30/h5-6,13,18,20H,4,7-12,14H2,1-3H3,(H,31,35). The molecular formula is C23H31ClF6N4O3. The fraction of sp³-hybridized carbons (Fsp3) is 0.652. The van der Waals surface area contributed by atoms with E-state index in [2.05, 4.69) is 15.0 Å². The first kappa shape index (κ1) is 30.8. The van der Waals surface area contributed by atoms with Gasteiger partial charge in [-0.2, -0.15) is 26.3 Å². The topological polar surface area (TPSA) is 65.1 Å². The van der Waals surface area contributed by atoms with Crippen molar-refractivity contribution in [3.8, 4) is 0 Å². The maximum absolute atomic E-state index is 12.6. The minimum absolute atomic E-state index is 0.0667. The van der Waals surface area contributed by atoms with Gasteiger partial charge in [-0.25, -0.2) is 4.79 Å². The van der Waals surface area contributed by atoms with Gasteiger partial charge >= 0.3 is 18.4 Å². The highest BCUT2D eigenvalue weighted by atomic mass is 35.5. The number of piperidine rings is 1. The molecule has 1 saturated heterocycles. The summed E-state index contributed by atoms with van der Waals surface area (Å²) in [6.45, 7) is 3.75. The van der Waals surface area contributed by atoms with E-state index >= 15 is 0 Å². The molecule has 0 bridgehead atoms. The van der Waals surface area contributed by atoms with E-state index in [9.17, 15) is 35.9 Å². The molecule has 0 atom stereocenters. The van der Waals surface area contributed by atoms with Crippen LogP contribution in [0.25, 0.3) is 0 Å². The lowest BCUT2D eigenvalue weighted by molar-refractivity contribution is -0.308. The molecule has 1 heterocycles. The van der Waals surface area contributed by atoms with Crippen LogP contribution in [0.3, 0.4) is 0 Å². The Labute approximate surface area is 216 Å². The van der Waals surface area contributed by atoms with Crippen molar-refractivity contribution in [1.29, 1.82) is 0 Å². The quantitative estimate of drug-likeness (QED) is 0.439. The zero-order chi connectivity index (χ0) is 28.0. The number of nitrogens with one attached hydrogen (secondary N) is 1. The summed E-state index contributed by atoms with van der Waals surface area (Å²) in [6, 6.07) is 5.64. The van der Waals surface area contributed by atoms with Crippen molar-refractivity contribution in [1.82, 2.24) is 15.1 Å². The number of benzene rings is 1. The van der Waals surface area contributed by atoms with Gasteiger partial charge in [0.1, 0.15) is 0 Å². The van der Waals surface area contributed by atoms with Crippen molar-refractivity contribution in [3.05, 3.63) is 28.8 Å². The Morgan fingerprint density at radius 1 is 1.11 bits per heavy atom. The molecule has 1 aliphatic heterocycles. The Kier molecular flexibility index (Phi) is 10.7. The van der Waals surface area contributed by atoms with Crippen molar-refractivity contribution in [2.75, 3.05) is 45.2 Å². The molecule has 1 N–H and O–H groups in total. The van der Waals surface area contributed by atoms with E-state index in [0.717, 1.165) is 44.2 Å². The van der Waals surface area contributed by atoms with E-state index in [0.29, 0.717) is 23.0 Å². The summed E-state index contributed by atoms with van der Waals surface area (Å²) in [7, 11) is 2.89. The minimum Gasteiger partial charge on any atom is -0.426 e. The van der Waals surface area contributed by atoms with Crippen molar-refractivity contribution in [2.45, 2.75) is 57.2 Å². The fourth-order valence-electron chi connectivity index (χ4n) is 4.07. The third kappa shape index (κ3) is 9.76. The largest absolute Gasteiger partial charge is 0.434 e. The van der Waals surface area contributed by atoms with E-state index in [1.165, 1.54) is 6.92 Å². The van der Waals surface area contributed by atoms with Gasteiger partial charge in [0.15, 0.2) is 0 Å². The van der Waals surface area contributed by atoms with Crippen molar-refractivity contribution < 1.29 is 40.7 Å². The van der Waals surface area contributed by atoms with Crippen molar-refractivity contribution in [3.63, 3.8) is 0 Å². The summed E-state index contributed by atoms with van der Waals surface area (Å²) in [6.07, 6.45) is -15.5. The third-order valence-electron chi connectivity index (χ3n) is 5.89. The molecule has 37 heavy (non-hydrogen) atoms. The van der Waals surface area contributed by atoms with Crippen LogP contribution in [-0.4, -0.2) is 86.6 Å². The molecule has 2 amide bonds.